The standard InChI is InChI=1S/C68H62O14Se/c1-46-37-39-54(40-38-46)83-68-62(75-43-49-27-13-4-14-28-49)59(74-42-48-25-11-3-12-26-48)57(73-41-47-23-9-2-10-24-47)55(79-68)45-77-67-61(82-66(72)53-35-21-8-22-36-53)60(81-65(71)52-33-19-7-20-34-52)58(80-64(70)51-31-17-6-18-32-51)56(78-67)44-76-63(69)50-29-15-5-16-30-50/h2-40,55-62,67-68H,41-45H2,1H3/t55-,56-,57-,58-,59+,60+,61-,62-,67-,68+/m1/s1. The van der Waals surface area contributed by atoms with E-state index < -0.39 is 106 Å². The Morgan fingerprint density at radius 1 is 0.361 bits per heavy atom. The number of benzene rings is 8. The topological polar surface area (TPSA) is 161 Å². The van der Waals surface area contributed by atoms with Gasteiger partial charge >= 0.3 is 406 Å². The van der Waals surface area contributed by atoms with Crippen molar-refractivity contribution in [2.24, 2.45) is 0 Å². The Labute approximate surface area is 488 Å². The maximum atomic E-state index is 14.5. The van der Waals surface area contributed by atoms with Crippen LogP contribution in [0.1, 0.15) is 63.7 Å². The van der Waals surface area contributed by atoms with Gasteiger partial charge < -0.3 is 0 Å². The summed E-state index contributed by atoms with van der Waals surface area (Å²) < 4.78 is 68.2. The number of rotatable bonds is 23. The Kier molecular flexibility index (Phi) is 20.5. The van der Waals surface area contributed by atoms with Gasteiger partial charge in [0.2, 0.25) is 0 Å². The maximum absolute atomic E-state index is 14.5. The fourth-order valence-corrected chi connectivity index (χ4v) is 11.9. The predicted molar refractivity (Wildman–Crippen MR) is 309 cm³/mol. The van der Waals surface area contributed by atoms with Crippen molar-refractivity contribution in [3.63, 3.8) is 0 Å². The first kappa shape index (κ1) is 58.1. The molecule has 2 saturated heterocycles. The molecule has 0 unspecified atom stereocenters. The van der Waals surface area contributed by atoms with Crippen molar-refractivity contribution in [1.29, 1.82) is 0 Å². The Morgan fingerprint density at radius 2 is 0.735 bits per heavy atom. The first-order valence-corrected chi connectivity index (χ1v) is 29.2. The van der Waals surface area contributed by atoms with Crippen LogP contribution in [0.4, 0.5) is 0 Å². The minimum atomic E-state index is -1.66. The molecule has 8 aromatic carbocycles. The number of carbonyl (C=O) groups is 4. The normalized spacial score (nSPS) is 22.1. The van der Waals surface area contributed by atoms with Gasteiger partial charge in [0, 0.05) is 0 Å². The zero-order chi connectivity index (χ0) is 57.2. The predicted octanol–water partition coefficient (Wildman–Crippen LogP) is 10.1. The molecule has 0 spiro atoms. The van der Waals surface area contributed by atoms with Crippen molar-refractivity contribution in [2.45, 2.75) is 86.9 Å². The average molecular weight is 1180 g/mol. The fourth-order valence-electron chi connectivity index (χ4n) is 9.58. The van der Waals surface area contributed by atoms with E-state index in [4.69, 9.17) is 47.4 Å². The van der Waals surface area contributed by atoms with Gasteiger partial charge in [0.1, 0.15) is 0 Å². The monoisotopic (exact) mass is 1180 g/mol. The SMILES string of the molecule is Cc1ccc([Se][C@@H]2O[C@H](CO[C@@H]3O[C@H](COC(=O)c4ccccc4)[C@@H](OC(=O)c4ccccc4)[C@H](OC(=O)c4ccccc4)[C@H]3OC(=O)c3ccccc3)[C@@H](OCc3ccccc3)[C@H](OCc3ccccc3)[C@H]2OCc2ccccc2)cc1. The molecule has 2 aliphatic heterocycles. The van der Waals surface area contributed by atoms with Crippen LogP contribution in [0.2, 0.25) is 0 Å². The molecule has 0 amide bonds. The third kappa shape index (κ3) is 15.9. The molecule has 0 saturated carbocycles. The first-order chi connectivity index (χ1) is 40.7. The number of carbonyl (C=O) groups excluding carboxylic acids is 4. The molecule has 0 bridgehead atoms. The van der Waals surface area contributed by atoms with E-state index in [0.29, 0.717) is 0 Å². The van der Waals surface area contributed by atoms with Crippen LogP contribution < -0.4 is 4.46 Å². The van der Waals surface area contributed by atoms with Gasteiger partial charge in [-0.1, -0.05) is 60.7 Å². The summed E-state index contributed by atoms with van der Waals surface area (Å²) in [5.41, 5.74) is 4.56. The molecule has 83 heavy (non-hydrogen) atoms. The number of ether oxygens (including phenoxy) is 10. The molecule has 2 aliphatic rings. The number of aryl methyl sites for hydroxylation is 1. The second kappa shape index (κ2) is 29.3. The average Bonchev–Trinajstić information content (AvgIpc) is 3.61. The van der Waals surface area contributed by atoms with Crippen LogP contribution in [0.3, 0.4) is 0 Å². The van der Waals surface area contributed by atoms with Crippen LogP contribution in [-0.2, 0) is 67.2 Å². The first-order valence-electron chi connectivity index (χ1n) is 27.3. The Balaban J connectivity index is 1.06. The molecule has 14 nitrogen and oxygen atoms in total. The molecule has 10 rings (SSSR count). The third-order valence-corrected chi connectivity index (χ3v) is 16.3. The van der Waals surface area contributed by atoms with Gasteiger partial charge in [-0.05, 0) is 24.3 Å². The Bertz CT molecular complexity index is 3290. The molecule has 0 aliphatic carbocycles. The summed E-state index contributed by atoms with van der Waals surface area (Å²) in [7, 11) is 0. The molecular formula is C68H62O14Se. The van der Waals surface area contributed by atoms with Crippen molar-refractivity contribution in [3.8, 4) is 0 Å². The van der Waals surface area contributed by atoms with E-state index in [1.807, 2.05) is 97.9 Å². The van der Waals surface area contributed by atoms with Crippen molar-refractivity contribution < 1.29 is 66.5 Å². The van der Waals surface area contributed by atoms with Gasteiger partial charge in [0.25, 0.3) is 0 Å². The van der Waals surface area contributed by atoms with Gasteiger partial charge in [0.05, 0.1) is 0 Å². The van der Waals surface area contributed by atoms with E-state index in [0.717, 1.165) is 26.7 Å². The molecule has 10 atom stereocenters. The summed E-state index contributed by atoms with van der Waals surface area (Å²) in [6.45, 7) is 1.78. The number of hydrogen-bond donors (Lipinski definition) is 0. The summed E-state index contributed by atoms with van der Waals surface area (Å²) in [6.07, 6.45) is -11.2. The van der Waals surface area contributed by atoms with E-state index in [1.165, 1.54) is 0 Å². The number of esters is 4. The van der Waals surface area contributed by atoms with Crippen LogP contribution in [0.25, 0.3) is 0 Å². The van der Waals surface area contributed by atoms with Gasteiger partial charge in [0.15, 0.2) is 0 Å². The van der Waals surface area contributed by atoms with E-state index in [2.05, 4.69) is 24.3 Å². The second-order valence-electron chi connectivity index (χ2n) is 19.8. The van der Waals surface area contributed by atoms with Gasteiger partial charge in [-0.15, -0.1) is 0 Å². The molecule has 424 valence electrons. The molecule has 0 radical (unpaired) electrons. The van der Waals surface area contributed by atoms with Gasteiger partial charge in [-0.3, -0.25) is 0 Å². The van der Waals surface area contributed by atoms with Crippen LogP contribution in [0.5, 0.6) is 0 Å². The van der Waals surface area contributed by atoms with Crippen molar-refractivity contribution in [1.82, 2.24) is 0 Å². The summed E-state index contributed by atoms with van der Waals surface area (Å²) in [5, 5.41) is -0.606. The zero-order valence-electron chi connectivity index (χ0n) is 45.4. The van der Waals surface area contributed by atoms with Crippen LogP contribution in [0, 0.1) is 6.92 Å². The summed E-state index contributed by atoms with van der Waals surface area (Å²) >= 11 is -0.401. The second-order valence-corrected chi connectivity index (χ2v) is 22.3. The third-order valence-electron chi connectivity index (χ3n) is 13.9. The molecule has 0 N–H and O–H groups in total. The number of hydrogen-bond acceptors (Lipinski definition) is 14. The van der Waals surface area contributed by atoms with E-state index in [1.54, 1.807) is 121 Å². The van der Waals surface area contributed by atoms with E-state index >= 15 is 0 Å². The molecular weight excluding hydrogens is 1120 g/mol. The summed E-state index contributed by atoms with van der Waals surface area (Å²) in [4.78, 5) is 57.0. The zero-order valence-corrected chi connectivity index (χ0v) is 47.2. The molecule has 15 heteroatoms. The van der Waals surface area contributed by atoms with Crippen LogP contribution in [-0.4, -0.2) is 112 Å². The van der Waals surface area contributed by atoms with Crippen molar-refractivity contribution in [3.05, 3.63) is 281 Å². The molecule has 2 fully saturated rings. The van der Waals surface area contributed by atoms with E-state index in [-0.39, 0.29) is 48.7 Å². The van der Waals surface area contributed by atoms with Gasteiger partial charge in [-0.25, -0.2) is 0 Å². The van der Waals surface area contributed by atoms with Gasteiger partial charge in [-0.2, -0.15) is 0 Å². The minimum absolute atomic E-state index is 0.144. The summed E-state index contributed by atoms with van der Waals surface area (Å²) in [6, 6.07) is 70.7. The molecule has 2 heterocycles. The van der Waals surface area contributed by atoms with E-state index in [9.17, 15) is 19.2 Å². The molecule has 0 aromatic heterocycles. The van der Waals surface area contributed by atoms with Crippen molar-refractivity contribution >= 4 is 43.3 Å². The Morgan fingerprint density at radius 3 is 1.19 bits per heavy atom. The Hall–Kier alpha value is -8.08. The van der Waals surface area contributed by atoms with Crippen molar-refractivity contribution in [2.75, 3.05) is 13.2 Å². The van der Waals surface area contributed by atoms with Crippen LogP contribution >= 0.6 is 0 Å². The quantitative estimate of drug-likeness (QED) is 0.0338. The molecule has 8 aromatic rings. The van der Waals surface area contributed by atoms with Crippen LogP contribution in [0.15, 0.2) is 237 Å². The summed E-state index contributed by atoms with van der Waals surface area (Å²) in [5.74, 6) is -3.21. The fraction of sp³-hybridized carbons (Fsp3) is 0.235.